The lowest BCUT2D eigenvalue weighted by Gasteiger charge is -2.27. The van der Waals surface area contributed by atoms with Crippen LogP contribution in [0.5, 0.6) is 11.5 Å². The summed E-state index contributed by atoms with van der Waals surface area (Å²) in [6, 6.07) is 12.2. The highest BCUT2D eigenvalue weighted by molar-refractivity contribution is 7.89. The number of sulfonamides is 1. The molecule has 1 heterocycles. The molecule has 32 heavy (non-hydrogen) atoms. The summed E-state index contributed by atoms with van der Waals surface area (Å²) in [4.78, 5) is 14.7. The molecule has 0 unspecified atom stereocenters. The number of morpholine rings is 1. The number of amides is 1. The molecule has 0 aromatic heterocycles. The summed E-state index contributed by atoms with van der Waals surface area (Å²) in [7, 11) is -0.469. The zero-order chi connectivity index (χ0) is 23.1. The fourth-order valence-corrected chi connectivity index (χ4v) is 5.23. The molecule has 1 aliphatic heterocycles. The summed E-state index contributed by atoms with van der Waals surface area (Å²) in [5, 5.41) is 0. The first-order chi connectivity index (χ1) is 15.4. The minimum Gasteiger partial charge on any atom is -0.493 e. The maximum absolute atomic E-state index is 13.2. The molecule has 3 rings (SSSR count). The van der Waals surface area contributed by atoms with Gasteiger partial charge in [-0.05, 0) is 36.2 Å². The highest BCUT2D eigenvalue weighted by atomic mass is 32.2. The zero-order valence-electron chi connectivity index (χ0n) is 18.7. The van der Waals surface area contributed by atoms with E-state index in [1.807, 2.05) is 19.1 Å². The maximum atomic E-state index is 13.2. The van der Waals surface area contributed by atoms with Gasteiger partial charge in [0.05, 0.1) is 31.8 Å². The van der Waals surface area contributed by atoms with Gasteiger partial charge in [-0.2, -0.15) is 4.31 Å². The normalized spacial score (nSPS) is 14.7. The molecule has 8 nitrogen and oxygen atoms in total. The van der Waals surface area contributed by atoms with Crippen molar-refractivity contribution in [2.45, 2.75) is 18.2 Å². The predicted octanol–water partition coefficient (Wildman–Crippen LogP) is 2.43. The van der Waals surface area contributed by atoms with Crippen molar-refractivity contribution < 1.29 is 27.4 Å². The number of carbonyl (C=O) groups excluding carboxylic acids is 1. The number of carbonyl (C=O) groups is 1. The molecule has 2 aromatic rings. The molecule has 1 amide bonds. The van der Waals surface area contributed by atoms with Crippen molar-refractivity contribution in [1.82, 2.24) is 9.21 Å². The average molecular weight is 463 g/mol. The Morgan fingerprint density at radius 2 is 1.81 bits per heavy atom. The van der Waals surface area contributed by atoms with Crippen LogP contribution in [0, 0.1) is 0 Å². The Bertz CT molecular complexity index is 1030. The first-order valence-corrected chi connectivity index (χ1v) is 12.0. The Hall–Kier alpha value is -2.62. The van der Waals surface area contributed by atoms with Gasteiger partial charge in [0.2, 0.25) is 10.0 Å². The molecule has 1 aliphatic rings. The van der Waals surface area contributed by atoms with E-state index in [0.717, 1.165) is 0 Å². The molecule has 0 bridgehead atoms. The third-order valence-electron chi connectivity index (χ3n) is 5.38. The van der Waals surface area contributed by atoms with Crippen LogP contribution in [0.1, 0.15) is 22.8 Å². The third kappa shape index (κ3) is 5.40. The molecular weight excluding hydrogens is 432 g/mol. The minimum absolute atomic E-state index is 0.187. The van der Waals surface area contributed by atoms with Gasteiger partial charge in [-0.15, -0.1) is 0 Å². The smallest absolute Gasteiger partial charge is 0.253 e. The van der Waals surface area contributed by atoms with Crippen LogP contribution in [0.25, 0.3) is 0 Å². The van der Waals surface area contributed by atoms with Gasteiger partial charge in [0.1, 0.15) is 6.61 Å². The van der Waals surface area contributed by atoms with Crippen LogP contribution in [0.3, 0.4) is 0 Å². The van der Waals surface area contributed by atoms with Crippen LogP contribution in [0.15, 0.2) is 47.4 Å². The van der Waals surface area contributed by atoms with E-state index in [-0.39, 0.29) is 17.4 Å². The molecule has 0 saturated carbocycles. The first-order valence-electron chi connectivity index (χ1n) is 10.6. The van der Waals surface area contributed by atoms with Crippen molar-refractivity contribution in [3.8, 4) is 11.5 Å². The SMILES string of the molecule is CCc1ccc(C(=O)N(C)CCOc2ccccc2OC)cc1S(=O)(=O)N1CCOCC1. The molecule has 174 valence electrons. The van der Waals surface area contributed by atoms with Gasteiger partial charge in [0.25, 0.3) is 5.91 Å². The van der Waals surface area contributed by atoms with Crippen LogP contribution in [-0.2, 0) is 21.2 Å². The van der Waals surface area contributed by atoms with Gasteiger partial charge in [-0.1, -0.05) is 25.1 Å². The number of rotatable bonds is 9. The van der Waals surface area contributed by atoms with E-state index in [0.29, 0.717) is 61.9 Å². The lowest BCUT2D eigenvalue weighted by atomic mass is 10.1. The zero-order valence-corrected chi connectivity index (χ0v) is 19.6. The monoisotopic (exact) mass is 462 g/mol. The van der Waals surface area contributed by atoms with Crippen molar-refractivity contribution in [2.24, 2.45) is 0 Å². The molecule has 1 saturated heterocycles. The third-order valence-corrected chi connectivity index (χ3v) is 7.36. The van der Waals surface area contributed by atoms with E-state index in [1.165, 1.54) is 15.3 Å². The Morgan fingerprint density at radius 1 is 1.12 bits per heavy atom. The number of aryl methyl sites for hydroxylation is 1. The number of likely N-dealkylation sites (N-methyl/N-ethyl adjacent to an activating group) is 1. The second-order valence-corrected chi connectivity index (χ2v) is 9.32. The molecular formula is C23H30N2O6S. The second kappa shape index (κ2) is 10.8. The highest BCUT2D eigenvalue weighted by Crippen LogP contribution is 2.26. The quantitative estimate of drug-likeness (QED) is 0.569. The van der Waals surface area contributed by atoms with Gasteiger partial charge < -0.3 is 19.1 Å². The van der Waals surface area contributed by atoms with E-state index in [9.17, 15) is 13.2 Å². The predicted molar refractivity (Wildman–Crippen MR) is 121 cm³/mol. The Kier molecular flexibility index (Phi) is 8.11. The Balaban J connectivity index is 1.72. The fourth-order valence-electron chi connectivity index (χ4n) is 3.50. The number of ether oxygens (including phenoxy) is 3. The summed E-state index contributed by atoms with van der Waals surface area (Å²) < 4.78 is 44.1. The van der Waals surface area contributed by atoms with Crippen LogP contribution in [-0.4, -0.2) is 77.1 Å². The van der Waals surface area contributed by atoms with E-state index in [2.05, 4.69) is 0 Å². The molecule has 0 radical (unpaired) electrons. The standard InChI is InChI=1S/C23H30N2O6S/c1-4-18-9-10-19(17-22(18)32(27,28)25-12-14-30-15-13-25)23(26)24(2)11-16-31-21-8-6-5-7-20(21)29-3/h5-10,17H,4,11-16H2,1-3H3. The van der Waals surface area contributed by atoms with Crippen LogP contribution >= 0.6 is 0 Å². The van der Waals surface area contributed by atoms with Crippen molar-refractivity contribution >= 4 is 15.9 Å². The molecule has 0 N–H and O–H groups in total. The number of benzene rings is 2. The number of hydrogen-bond acceptors (Lipinski definition) is 6. The van der Waals surface area contributed by atoms with E-state index < -0.39 is 10.0 Å². The second-order valence-electron chi connectivity index (χ2n) is 7.42. The van der Waals surface area contributed by atoms with E-state index in [4.69, 9.17) is 14.2 Å². The highest BCUT2D eigenvalue weighted by Gasteiger charge is 2.29. The minimum atomic E-state index is -3.70. The summed E-state index contributed by atoms with van der Waals surface area (Å²) in [6.45, 7) is 3.86. The molecule has 0 aliphatic carbocycles. The molecule has 2 aromatic carbocycles. The van der Waals surface area contributed by atoms with Gasteiger partial charge in [-0.25, -0.2) is 8.42 Å². The molecule has 1 fully saturated rings. The summed E-state index contributed by atoms with van der Waals surface area (Å²) in [5.74, 6) is 0.950. The maximum Gasteiger partial charge on any atom is 0.253 e. The van der Waals surface area contributed by atoms with Gasteiger partial charge in [0.15, 0.2) is 11.5 Å². The Morgan fingerprint density at radius 3 is 2.47 bits per heavy atom. The Labute approximate surface area is 189 Å². The first kappa shape index (κ1) is 24.0. The summed E-state index contributed by atoms with van der Waals surface area (Å²) in [5.41, 5.74) is 1.02. The molecule has 0 spiro atoms. The topological polar surface area (TPSA) is 85.4 Å². The lowest BCUT2D eigenvalue weighted by molar-refractivity contribution is 0.0729. The van der Waals surface area contributed by atoms with E-state index >= 15 is 0 Å². The molecule has 0 atom stereocenters. The van der Waals surface area contributed by atoms with E-state index in [1.54, 1.807) is 38.4 Å². The lowest BCUT2D eigenvalue weighted by Crippen LogP contribution is -2.41. The van der Waals surface area contributed by atoms with Gasteiger partial charge >= 0.3 is 0 Å². The van der Waals surface area contributed by atoms with Crippen LogP contribution in [0.4, 0.5) is 0 Å². The molecule has 9 heteroatoms. The van der Waals surface area contributed by atoms with Crippen LogP contribution in [0.2, 0.25) is 0 Å². The van der Waals surface area contributed by atoms with Crippen molar-refractivity contribution in [1.29, 1.82) is 0 Å². The van der Waals surface area contributed by atoms with Crippen molar-refractivity contribution in [3.05, 3.63) is 53.6 Å². The fraction of sp³-hybridized carbons (Fsp3) is 0.435. The largest absolute Gasteiger partial charge is 0.493 e. The number of nitrogens with zero attached hydrogens (tertiary/aromatic N) is 2. The van der Waals surface area contributed by atoms with Gasteiger partial charge in [-0.3, -0.25) is 4.79 Å². The van der Waals surface area contributed by atoms with Crippen molar-refractivity contribution in [3.63, 3.8) is 0 Å². The number of hydrogen-bond donors (Lipinski definition) is 0. The van der Waals surface area contributed by atoms with Gasteiger partial charge in [0, 0.05) is 25.7 Å². The summed E-state index contributed by atoms with van der Waals surface area (Å²) >= 11 is 0. The average Bonchev–Trinajstić information content (AvgIpc) is 2.83. The van der Waals surface area contributed by atoms with Crippen molar-refractivity contribution in [2.75, 3.05) is 53.6 Å². The summed E-state index contributed by atoms with van der Waals surface area (Å²) in [6.07, 6.45) is 0.552. The number of methoxy groups -OCH3 is 1. The number of para-hydroxylation sites is 2. The van der Waals surface area contributed by atoms with Crippen LogP contribution < -0.4 is 9.47 Å².